The van der Waals surface area contributed by atoms with Gasteiger partial charge in [0.15, 0.2) is 5.82 Å². The Kier molecular flexibility index (Phi) is 5.92. The van der Waals surface area contributed by atoms with Crippen LogP contribution in [0.2, 0.25) is 0 Å². The number of nitrogens with zero attached hydrogens (tertiary/aromatic N) is 3. The average Bonchev–Trinajstić information content (AvgIpc) is 3.03. The maximum Gasteiger partial charge on any atom is 0.311 e. The van der Waals surface area contributed by atoms with Crippen LogP contribution < -0.4 is 10.3 Å². The largest absolute Gasteiger partial charge is 0.497 e. The van der Waals surface area contributed by atoms with E-state index in [1.165, 1.54) is 11.8 Å². The second-order valence-electron chi connectivity index (χ2n) is 6.39. The Labute approximate surface area is 167 Å². The molecule has 0 spiro atoms. The van der Waals surface area contributed by atoms with Gasteiger partial charge in [0.25, 0.3) is 5.56 Å². The SMILES string of the molecule is COC(=O)Cc1[nH]n(-c2ccc(OC)cc2)c(=O)c1/C(C)=N/c1cccc(C)n1. The van der Waals surface area contributed by atoms with Crippen molar-refractivity contribution < 1.29 is 14.3 Å². The van der Waals surface area contributed by atoms with Crippen molar-refractivity contribution in [2.75, 3.05) is 14.2 Å². The van der Waals surface area contributed by atoms with Crippen molar-refractivity contribution in [1.29, 1.82) is 0 Å². The first-order valence-corrected chi connectivity index (χ1v) is 8.97. The molecule has 0 bridgehead atoms. The molecule has 0 fully saturated rings. The van der Waals surface area contributed by atoms with E-state index < -0.39 is 5.97 Å². The van der Waals surface area contributed by atoms with Gasteiger partial charge in [0.05, 0.1) is 43.3 Å². The number of aliphatic imine (C=N–C) groups is 1. The van der Waals surface area contributed by atoms with Gasteiger partial charge in [0.2, 0.25) is 0 Å². The van der Waals surface area contributed by atoms with Gasteiger partial charge in [-0.05, 0) is 50.2 Å². The lowest BCUT2D eigenvalue weighted by atomic mass is 10.1. The lowest BCUT2D eigenvalue weighted by Crippen LogP contribution is -2.20. The molecule has 150 valence electrons. The van der Waals surface area contributed by atoms with Crippen LogP contribution in [0.4, 0.5) is 5.82 Å². The van der Waals surface area contributed by atoms with Gasteiger partial charge in [-0.3, -0.25) is 14.7 Å². The number of pyridine rings is 1. The molecule has 1 aromatic carbocycles. The highest BCUT2D eigenvalue weighted by molar-refractivity contribution is 6.01. The van der Waals surface area contributed by atoms with E-state index >= 15 is 0 Å². The molecule has 8 heteroatoms. The van der Waals surface area contributed by atoms with Crippen molar-refractivity contribution >= 4 is 17.5 Å². The molecule has 2 heterocycles. The number of aromatic nitrogens is 3. The number of aromatic amines is 1. The fourth-order valence-electron chi connectivity index (χ4n) is 2.93. The molecule has 0 aliphatic heterocycles. The summed E-state index contributed by atoms with van der Waals surface area (Å²) in [4.78, 5) is 33.9. The lowest BCUT2D eigenvalue weighted by Gasteiger charge is -2.03. The number of nitrogens with one attached hydrogen (secondary N) is 1. The number of carbonyl (C=O) groups is 1. The van der Waals surface area contributed by atoms with Gasteiger partial charge in [-0.15, -0.1) is 0 Å². The first-order chi connectivity index (χ1) is 13.9. The van der Waals surface area contributed by atoms with Crippen LogP contribution >= 0.6 is 0 Å². The van der Waals surface area contributed by atoms with Crippen molar-refractivity contribution in [3.05, 3.63) is 69.8 Å². The van der Waals surface area contributed by atoms with Crippen LogP contribution in [0, 0.1) is 6.92 Å². The summed E-state index contributed by atoms with van der Waals surface area (Å²) in [5.74, 6) is 0.700. The Morgan fingerprint density at radius 1 is 1.17 bits per heavy atom. The van der Waals surface area contributed by atoms with Crippen molar-refractivity contribution in [3.63, 3.8) is 0 Å². The summed E-state index contributed by atoms with van der Waals surface area (Å²) in [5, 5.41) is 3.01. The standard InChI is InChI=1S/C21H22N4O4/c1-13-6-5-7-18(22-13)23-14(2)20-17(12-19(26)29-4)24-25(21(20)27)15-8-10-16(28-3)11-9-15/h5-11,24H,12H2,1-4H3/b23-14+. The van der Waals surface area contributed by atoms with Crippen LogP contribution in [-0.2, 0) is 16.0 Å². The number of H-pyrrole nitrogens is 1. The molecule has 0 saturated heterocycles. The molecule has 0 aliphatic carbocycles. The Bertz CT molecular complexity index is 1110. The van der Waals surface area contributed by atoms with E-state index in [1.807, 2.05) is 19.1 Å². The van der Waals surface area contributed by atoms with E-state index in [9.17, 15) is 9.59 Å². The molecule has 0 aliphatic rings. The van der Waals surface area contributed by atoms with E-state index in [-0.39, 0.29) is 12.0 Å². The monoisotopic (exact) mass is 394 g/mol. The molecule has 1 N–H and O–H groups in total. The topological polar surface area (TPSA) is 98.6 Å². The number of ether oxygens (including phenoxy) is 2. The minimum absolute atomic E-state index is 0.0850. The summed E-state index contributed by atoms with van der Waals surface area (Å²) in [5.41, 5.74) is 2.30. The molecule has 0 atom stereocenters. The van der Waals surface area contributed by atoms with Crippen molar-refractivity contribution in [1.82, 2.24) is 14.8 Å². The van der Waals surface area contributed by atoms with Crippen LogP contribution in [0.25, 0.3) is 5.69 Å². The predicted octanol–water partition coefficient (Wildman–Crippen LogP) is 2.73. The summed E-state index contributed by atoms with van der Waals surface area (Å²) in [7, 11) is 2.87. The highest BCUT2D eigenvalue weighted by atomic mass is 16.5. The van der Waals surface area contributed by atoms with Crippen LogP contribution in [0.3, 0.4) is 0 Å². The molecular formula is C21H22N4O4. The molecule has 2 aromatic heterocycles. The van der Waals surface area contributed by atoms with Gasteiger partial charge in [0, 0.05) is 5.69 Å². The third kappa shape index (κ3) is 4.43. The lowest BCUT2D eigenvalue weighted by molar-refractivity contribution is -0.139. The smallest absolute Gasteiger partial charge is 0.311 e. The second kappa shape index (κ2) is 8.55. The second-order valence-corrected chi connectivity index (χ2v) is 6.39. The minimum atomic E-state index is -0.462. The molecular weight excluding hydrogens is 372 g/mol. The van der Waals surface area contributed by atoms with Crippen molar-refractivity contribution in [2.24, 2.45) is 4.99 Å². The zero-order valence-electron chi connectivity index (χ0n) is 16.7. The summed E-state index contributed by atoms with van der Waals surface area (Å²) in [6.07, 6.45) is -0.0850. The molecule has 0 saturated carbocycles. The number of hydrogen-bond donors (Lipinski definition) is 1. The van der Waals surface area contributed by atoms with Crippen molar-refractivity contribution in [2.45, 2.75) is 20.3 Å². The quantitative estimate of drug-likeness (QED) is 0.512. The summed E-state index contributed by atoms with van der Waals surface area (Å²) < 4.78 is 11.3. The Morgan fingerprint density at radius 3 is 2.52 bits per heavy atom. The van der Waals surface area contributed by atoms with Gasteiger partial charge in [0.1, 0.15) is 5.75 Å². The molecule has 29 heavy (non-hydrogen) atoms. The highest BCUT2D eigenvalue weighted by Crippen LogP contribution is 2.16. The number of methoxy groups -OCH3 is 2. The first-order valence-electron chi connectivity index (χ1n) is 8.97. The molecule has 3 aromatic rings. The van der Waals surface area contributed by atoms with Crippen LogP contribution in [0.15, 0.2) is 52.3 Å². The van der Waals surface area contributed by atoms with Gasteiger partial charge < -0.3 is 9.47 Å². The van der Waals surface area contributed by atoms with Gasteiger partial charge in [-0.2, -0.15) is 0 Å². The van der Waals surface area contributed by atoms with E-state index in [0.29, 0.717) is 34.2 Å². The highest BCUT2D eigenvalue weighted by Gasteiger charge is 2.20. The maximum absolute atomic E-state index is 13.2. The zero-order chi connectivity index (χ0) is 21.0. The Hall–Kier alpha value is -3.68. The van der Waals surface area contributed by atoms with Crippen LogP contribution in [-0.4, -0.2) is 40.7 Å². The van der Waals surface area contributed by atoms with E-state index in [2.05, 4.69) is 15.1 Å². The zero-order valence-corrected chi connectivity index (χ0v) is 16.7. The number of carbonyl (C=O) groups excluding carboxylic acids is 1. The normalized spacial score (nSPS) is 11.4. The number of esters is 1. The third-order valence-corrected chi connectivity index (χ3v) is 4.36. The Morgan fingerprint density at radius 2 is 1.90 bits per heavy atom. The molecule has 0 unspecified atom stereocenters. The van der Waals surface area contributed by atoms with E-state index in [4.69, 9.17) is 9.47 Å². The summed E-state index contributed by atoms with van der Waals surface area (Å²) >= 11 is 0. The first kappa shape index (κ1) is 20.1. The van der Waals surface area contributed by atoms with E-state index in [1.54, 1.807) is 44.4 Å². The number of benzene rings is 1. The number of hydrogen-bond acceptors (Lipinski definition) is 6. The fourth-order valence-corrected chi connectivity index (χ4v) is 2.93. The predicted molar refractivity (Wildman–Crippen MR) is 110 cm³/mol. The minimum Gasteiger partial charge on any atom is -0.497 e. The van der Waals surface area contributed by atoms with Gasteiger partial charge >= 0.3 is 5.97 Å². The average molecular weight is 394 g/mol. The van der Waals surface area contributed by atoms with Crippen LogP contribution in [0.1, 0.15) is 23.9 Å². The Balaban J connectivity index is 2.11. The van der Waals surface area contributed by atoms with E-state index in [0.717, 1.165) is 5.69 Å². The fraction of sp³-hybridized carbons (Fsp3) is 0.238. The van der Waals surface area contributed by atoms with Crippen molar-refractivity contribution in [3.8, 4) is 11.4 Å². The molecule has 8 nitrogen and oxygen atoms in total. The van der Waals surface area contributed by atoms with Gasteiger partial charge in [-0.1, -0.05) is 6.07 Å². The summed E-state index contributed by atoms with van der Waals surface area (Å²) in [6, 6.07) is 12.5. The third-order valence-electron chi connectivity index (χ3n) is 4.36. The summed E-state index contributed by atoms with van der Waals surface area (Å²) in [6.45, 7) is 3.58. The number of rotatable bonds is 6. The van der Waals surface area contributed by atoms with Crippen LogP contribution in [0.5, 0.6) is 5.75 Å². The molecule has 3 rings (SSSR count). The molecule has 0 radical (unpaired) electrons. The number of aryl methyl sites for hydroxylation is 1. The van der Waals surface area contributed by atoms with Gasteiger partial charge in [-0.25, -0.2) is 14.7 Å². The maximum atomic E-state index is 13.2. The molecule has 0 amide bonds.